The summed E-state index contributed by atoms with van der Waals surface area (Å²) in [6.07, 6.45) is 4.57. The number of carbonyl (C=O) groups is 1. The third-order valence-corrected chi connectivity index (χ3v) is 4.69. The van der Waals surface area contributed by atoms with Crippen LogP contribution < -0.4 is 0 Å². The molecule has 7 heteroatoms. The predicted molar refractivity (Wildman–Crippen MR) is 79.0 cm³/mol. The minimum atomic E-state index is 0.0869. The lowest BCUT2D eigenvalue weighted by molar-refractivity contribution is 0.0982. The summed E-state index contributed by atoms with van der Waals surface area (Å²) >= 11 is 6.26. The lowest BCUT2D eigenvalue weighted by atomic mass is 10.0. The Balaban J connectivity index is 1.88. The van der Waals surface area contributed by atoms with E-state index in [1.54, 1.807) is 0 Å². The van der Waals surface area contributed by atoms with Crippen molar-refractivity contribution in [1.82, 2.24) is 20.1 Å². The van der Waals surface area contributed by atoms with Crippen LogP contribution in [0.3, 0.4) is 0 Å². The molecule has 0 saturated heterocycles. The number of aryl methyl sites for hydroxylation is 1. The smallest absolute Gasteiger partial charge is 0.169 e. The molecule has 1 fully saturated rings. The number of aromatic nitrogens is 4. The van der Waals surface area contributed by atoms with E-state index in [4.69, 9.17) is 16.1 Å². The SMILES string of the molecule is O=C1CCc2[nH]c3ncnc(Cl)c3c2-c2noc(C3CC3)c21. The number of aromatic amines is 1. The second kappa shape index (κ2) is 4.16. The van der Waals surface area contributed by atoms with Gasteiger partial charge in [0.15, 0.2) is 11.5 Å². The van der Waals surface area contributed by atoms with Crippen LogP contribution in [-0.2, 0) is 6.42 Å². The van der Waals surface area contributed by atoms with Crippen LogP contribution >= 0.6 is 11.6 Å². The number of rotatable bonds is 1. The van der Waals surface area contributed by atoms with Crippen LogP contribution in [0.25, 0.3) is 22.3 Å². The number of Topliss-reactive ketones (excluding diaryl/α,β-unsaturated/α-hetero) is 1. The molecular weight excluding hydrogens is 304 g/mol. The maximum Gasteiger partial charge on any atom is 0.169 e. The predicted octanol–water partition coefficient (Wildman–Crippen LogP) is 3.27. The largest absolute Gasteiger partial charge is 0.360 e. The highest BCUT2D eigenvalue weighted by atomic mass is 35.5. The first-order valence-electron chi connectivity index (χ1n) is 7.28. The average molecular weight is 315 g/mol. The van der Waals surface area contributed by atoms with E-state index in [-0.39, 0.29) is 5.78 Å². The van der Waals surface area contributed by atoms with Crippen LogP contribution in [0.2, 0.25) is 5.15 Å². The molecule has 0 aromatic carbocycles. The van der Waals surface area contributed by atoms with Gasteiger partial charge in [0.05, 0.1) is 10.9 Å². The molecule has 3 aromatic rings. The second-order valence-electron chi connectivity index (χ2n) is 5.83. The van der Waals surface area contributed by atoms with Crippen molar-refractivity contribution in [3.05, 3.63) is 28.5 Å². The second-order valence-corrected chi connectivity index (χ2v) is 6.19. The lowest BCUT2D eigenvalue weighted by Crippen LogP contribution is -2.01. The molecule has 1 saturated carbocycles. The molecule has 0 atom stereocenters. The summed E-state index contributed by atoms with van der Waals surface area (Å²) < 4.78 is 5.51. The van der Waals surface area contributed by atoms with Crippen molar-refractivity contribution in [2.45, 2.75) is 31.6 Å². The number of hydrogen-bond donors (Lipinski definition) is 1. The van der Waals surface area contributed by atoms with Crippen LogP contribution in [0.5, 0.6) is 0 Å². The maximum atomic E-state index is 12.5. The van der Waals surface area contributed by atoms with Crippen LogP contribution in [-0.4, -0.2) is 25.9 Å². The first-order chi connectivity index (χ1) is 10.7. The summed E-state index contributed by atoms with van der Waals surface area (Å²) in [6.45, 7) is 0. The fraction of sp³-hybridized carbons (Fsp3) is 0.333. The van der Waals surface area contributed by atoms with E-state index in [0.29, 0.717) is 46.2 Å². The molecule has 0 bridgehead atoms. The van der Waals surface area contributed by atoms with Crippen molar-refractivity contribution >= 4 is 28.4 Å². The Hall–Kier alpha value is -2.21. The van der Waals surface area contributed by atoms with Crippen molar-refractivity contribution in [2.24, 2.45) is 0 Å². The molecule has 0 amide bonds. The standard InChI is InChI=1S/C15H11ClN4O2/c16-14-11-9-7(19-15(11)18-5-17-14)3-4-8(21)10-12(9)20-22-13(10)6-1-2-6/h5-6H,1-4H2,(H,17,18,19). The molecule has 0 spiro atoms. The molecule has 0 radical (unpaired) electrons. The fourth-order valence-corrected chi connectivity index (χ4v) is 3.44. The molecule has 2 aliphatic rings. The van der Waals surface area contributed by atoms with Gasteiger partial charge >= 0.3 is 0 Å². The fourth-order valence-electron chi connectivity index (χ4n) is 3.22. The average Bonchev–Trinajstić information content (AvgIpc) is 3.17. The van der Waals surface area contributed by atoms with Crippen LogP contribution in [0.15, 0.2) is 10.9 Å². The highest BCUT2D eigenvalue weighted by Crippen LogP contribution is 2.47. The number of ketones is 1. The van der Waals surface area contributed by atoms with Crippen molar-refractivity contribution in [2.75, 3.05) is 0 Å². The minimum Gasteiger partial charge on any atom is -0.360 e. The van der Waals surface area contributed by atoms with Crippen molar-refractivity contribution in [3.8, 4) is 11.3 Å². The number of nitrogens with zero attached hydrogens (tertiary/aromatic N) is 3. The van der Waals surface area contributed by atoms with Gasteiger partial charge in [0.25, 0.3) is 0 Å². The van der Waals surface area contributed by atoms with Gasteiger partial charge in [0.2, 0.25) is 0 Å². The summed E-state index contributed by atoms with van der Waals surface area (Å²) in [6, 6.07) is 0. The highest BCUT2D eigenvalue weighted by molar-refractivity contribution is 6.35. The van der Waals surface area contributed by atoms with E-state index in [9.17, 15) is 4.79 Å². The van der Waals surface area contributed by atoms with Crippen molar-refractivity contribution in [1.29, 1.82) is 0 Å². The van der Waals surface area contributed by atoms with Gasteiger partial charge in [-0.25, -0.2) is 9.97 Å². The molecule has 0 unspecified atom stereocenters. The first kappa shape index (κ1) is 12.3. The van der Waals surface area contributed by atoms with Gasteiger partial charge in [-0.05, 0) is 19.3 Å². The van der Waals surface area contributed by atoms with Crippen LogP contribution in [0.1, 0.15) is 47.0 Å². The van der Waals surface area contributed by atoms with E-state index in [0.717, 1.165) is 29.9 Å². The Morgan fingerprint density at radius 2 is 2.09 bits per heavy atom. The summed E-state index contributed by atoms with van der Waals surface area (Å²) in [4.78, 5) is 24.1. The summed E-state index contributed by atoms with van der Waals surface area (Å²) in [5.74, 6) is 1.15. The molecule has 22 heavy (non-hydrogen) atoms. The molecule has 110 valence electrons. The first-order valence-corrected chi connectivity index (χ1v) is 7.66. The number of carbonyl (C=O) groups excluding carboxylic acids is 1. The van der Waals surface area contributed by atoms with E-state index in [2.05, 4.69) is 20.1 Å². The number of nitrogens with one attached hydrogen (secondary N) is 1. The third-order valence-electron chi connectivity index (χ3n) is 4.41. The Labute approximate surface area is 129 Å². The maximum absolute atomic E-state index is 12.5. The van der Waals surface area contributed by atoms with Crippen LogP contribution in [0.4, 0.5) is 0 Å². The Morgan fingerprint density at radius 3 is 2.91 bits per heavy atom. The molecule has 2 aliphatic carbocycles. The van der Waals surface area contributed by atoms with Crippen molar-refractivity contribution in [3.63, 3.8) is 0 Å². The molecule has 0 aliphatic heterocycles. The van der Waals surface area contributed by atoms with Gasteiger partial charge in [-0.15, -0.1) is 0 Å². The Morgan fingerprint density at radius 1 is 1.23 bits per heavy atom. The molecule has 3 aromatic heterocycles. The zero-order chi connectivity index (χ0) is 14.8. The summed E-state index contributed by atoms with van der Waals surface area (Å²) in [5.41, 5.74) is 3.61. The molecule has 1 N–H and O–H groups in total. The normalized spacial score (nSPS) is 17.4. The number of hydrogen-bond acceptors (Lipinski definition) is 5. The Kier molecular flexibility index (Phi) is 2.34. The molecule has 3 heterocycles. The highest BCUT2D eigenvalue weighted by Gasteiger charge is 2.38. The molecule has 6 nitrogen and oxygen atoms in total. The quantitative estimate of drug-likeness (QED) is 0.697. The topological polar surface area (TPSA) is 84.7 Å². The van der Waals surface area contributed by atoms with Gasteiger partial charge in [0.1, 0.15) is 22.8 Å². The molecule has 5 rings (SSSR count). The zero-order valence-electron chi connectivity index (χ0n) is 11.5. The van der Waals surface area contributed by atoms with Crippen molar-refractivity contribution < 1.29 is 9.32 Å². The molecular formula is C15H11ClN4O2. The number of H-pyrrole nitrogens is 1. The van der Waals surface area contributed by atoms with Crippen LogP contribution in [0, 0.1) is 0 Å². The van der Waals surface area contributed by atoms with E-state index in [1.165, 1.54) is 6.33 Å². The third kappa shape index (κ3) is 1.56. The minimum absolute atomic E-state index is 0.0869. The number of halogens is 1. The van der Waals surface area contributed by atoms with E-state index < -0.39 is 0 Å². The summed E-state index contributed by atoms with van der Waals surface area (Å²) in [7, 11) is 0. The van der Waals surface area contributed by atoms with Gasteiger partial charge in [0, 0.05) is 23.6 Å². The van der Waals surface area contributed by atoms with Gasteiger partial charge in [-0.2, -0.15) is 0 Å². The van der Waals surface area contributed by atoms with E-state index in [1.807, 2.05) is 0 Å². The van der Waals surface area contributed by atoms with E-state index >= 15 is 0 Å². The monoisotopic (exact) mass is 314 g/mol. The Bertz CT molecular complexity index is 939. The lowest BCUT2D eigenvalue weighted by Gasteiger charge is -1.99. The van der Waals surface area contributed by atoms with Gasteiger partial charge < -0.3 is 9.51 Å². The summed E-state index contributed by atoms with van der Waals surface area (Å²) in [5, 5.41) is 5.28. The van der Waals surface area contributed by atoms with Gasteiger partial charge in [-0.3, -0.25) is 4.79 Å². The van der Waals surface area contributed by atoms with Gasteiger partial charge in [-0.1, -0.05) is 16.8 Å². The number of fused-ring (bicyclic) bond motifs is 5. The zero-order valence-corrected chi connectivity index (χ0v) is 12.3.